The average molecular weight is 473 g/mol. The van der Waals surface area contributed by atoms with Crippen LogP contribution in [0.5, 0.6) is 0 Å². The standard InChI is InChI=1S/C34H20N2O/c1-2-8-22(9-3-1)33-26-11-4-6-12-30(26)35-34(36-33)24-17-15-21-14-16-23-19-32-29(20-28(23)27(21)18-24)25-10-5-7-13-31(25)37-32/h1-20H. The van der Waals surface area contributed by atoms with Crippen molar-refractivity contribution < 1.29 is 4.42 Å². The molecule has 3 heteroatoms. The Morgan fingerprint density at radius 1 is 0.432 bits per heavy atom. The van der Waals surface area contributed by atoms with E-state index >= 15 is 0 Å². The van der Waals surface area contributed by atoms with Gasteiger partial charge in [0.1, 0.15) is 11.2 Å². The fourth-order valence-corrected chi connectivity index (χ4v) is 5.43. The molecule has 0 N–H and O–H groups in total. The smallest absolute Gasteiger partial charge is 0.160 e. The van der Waals surface area contributed by atoms with E-state index < -0.39 is 0 Å². The van der Waals surface area contributed by atoms with Crippen LogP contribution in [-0.2, 0) is 0 Å². The third kappa shape index (κ3) is 3.14. The molecule has 0 unspecified atom stereocenters. The van der Waals surface area contributed by atoms with Gasteiger partial charge in [0.15, 0.2) is 5.82 Å². The predicted octanol–water partition coefficient (Wildman–Crippen LogP) is 9.17. The Labute approximate surface area is 212 Å². The zero-order chi connectivity index (χ0) is 24.3. The number of benzene rings is 6. The lowest BCUT2D eigenvalue weighted by molar-refractivity contribution is 0.669. The van der Waals surface area contributed by atoms with Crippen LogP contribution >= 0.6 is 0 Å². The van der Waals surface area contributed by atoms with Crippen molar-refractivity contribution in [1.82, 2.24) is 9.97 Å². The van der Waals surface area contributed by atoms with E-state index in [0.717, 1.165) is 60.9 Å². The van der Waals surface area contributed by atoms with Gasteiger partial charge >= 0.3 is 0 Å². The highest BCUT2D eigenvalue weighted by Crippen LogP contribution is 2.36. The summed E-state index contributed by atoms with van der Waals surface area (Å²) in [6, 6.07) is 42.1. The Balaban J connectivity index is 1.40. The van der Waals surface area contributed by atoms with E-state index in [1.165, 1.54) is 16.2 Å². The summed E-state index contributed by atoms with van der Waals surface area (Å²) in [5.41, 5.74) is 5.80. The van der Waals surface area contributed by atoms with Gasteiger partial charge < -0.3 is 4.42 Å². The van der Waals surface area contributed by atoms with Crippen molar-refractivity contribution in [2.45, 2.75) is 0 Å². The molecular weight excluding hydrogens is 452 g/mol. The van der Waals surface area contributed by atoms with Crippen LogP contribution in [0.2, 0.25) is 0 Å². The molecule has 37 heavy (non-hydrogen) atoms. The molecule has 0 amide bonds. The molecule has 8 rings (SSSR count). The van der Waals surface area contributed by atoms with Crippen molar-refractivity contribution in [2.24, 2.45) is 0 Å². The van der Waals surface area contributed by atoms with Crippen LogP contribution < -0.4 is 0 Å². The number of nitrogens with zero attached hydrogens (tertiary/aromatic N) is 2. The zero-order valence-corrected chi connectivity index (χ0v) is 19.8. The topological polar surface area (TPSA) is 38.9 Å². The van der Waals surface area contributed by atoms with Gasteiger partial charge in [0.2, 0.25) is 0 Å². The molecule has 0 saturated carbocycles. The second-order valence-electron chi connectivity index (χ2n) is 9.45. The van der Waals surface area contributed by atoms with Gasteiger partial charge in [0.25, 0.3) is 0 Å². The highest BCUT2D eigenvalue weighted by molar-refractivity contribution is 6.16. The van der Waals surface area contributed by atoms with E-state index in [1.807, 2.05) is 42.5 Å². The van der Waals surface area contributed by atoms with Gasteiger partial charge in [-0.25, -0.2) is 9.97 Å². The van der Waals surface area contributed by atoms with Crippen LogP contribution in [0.15, 0.2) is 126 Å². The largest absolute Gasteiger partial charge is 0.456 e. The summed E-state index contributed by atoms with van der Waals surface area (Å²) < 4.78 is 6.14. The van der Waals surface area contributed by atoms with Crippen molar-refractivity contribution >= 4 is 54.4 Å². The minimum Gasteiger partial charge on any atom is -0.456 e. The van der Waals surface area contributed by atoms with Gasteiger partial charge in [-0.05, 0) is 51.9 Å². The highest BCUT2D eigenvalue weighted by Gasteiger charge is 2.14. The molecule has 0 fully saturated rings. The number of para-hydroxylation sites is 2. The summed E-state index contributed by atoms with van der Waals surface area (Å²) >= 11 is 0. The molecule has 0 aliphatic carbocycles. The Morgan fingerprint density at radius 2 is 1.16 bits per heavy atom. The number of aromatic nitrogens is 2. The molecule has 0 saturated heterocycles. The number of rotatable bonds is 2. The first-order valence-electron chi connectivity index (χ1n) is 12.4. The fraction of sp³-hybridized carbons (Fsp3) is 0. The van der Waals surface area contributed by atoms with E-state index in [9.17, 15) is 0 Å². The molecule has 0 atom stereocenters. The van der Waals surface area contributed by atoms with Gasteiger partial charge in [-0.2, -0.15) is 0 Å². The molecule has 2 heterocycles. The molecule has 3 nitrogen and oxygen atoms in total. The second kappa shape index (κ2) is 7.74. The Bertz CT molecular complexity index is 2140. The summed E-state index contributed by atoms with van der Waals surface area (Å²) in [5.74, 6) is 0.728. The lowest BCUT2D eigenvalue weighted by atomic mass is 9.98. The van der Waals surface area contributed by atoms with Crippen molar-refractivity contribution in [3.63, 3.8) is 0 Å². The van der Waals surface area contributed by atoms with E-state index in [0.29, 0.717) is 0 Å². The zero-order valence-electron chi connectivity index (χ0n) is 19.8. The molecule has 172 valence electrons. The molecule has 0 radical (unpaired) electrons. The van der Waals surface area contributed by atoms with E-state index in [1.54, 1.807) is 0 Å². The quantitative estimate of drug-likeness (QED) is 0.235. The minimum absolute atomic E-state index is 0.728. The van der Waals surface area contributed by atoms with Crippen molar-refractivity contribution in [3.8, 4) is 22.6 Å². The summed E-state index contributed by atoms with van der Waals surface area (Å²) in [6.07, 6.45) is 0. The van der Waals surface area contributed by atoms with Crippen molar-refractivity contribution in [3.05, 3.63) is 121 Å². The number of hydrogen-bond donors (Lipinski definition) is 0. The third-order valence-corrected chi connectivity index (χ3v) is 7.24. The van der Waals surface area contributed by atoms with Crippen LogP contribution in [0, 0.1) is 0 Å². The maximum atomic E-state index is 6.14. The number of fused-ring (bicyclic) bond motifs is 7. The highest BCUT2D eigenvalue weighted by atomic mass is 16.3. The van der Waals surface area contributed by atoms with E-state index in [4.69, 9.17) is 14.4 Å². The molecule has 6 aromatic carbocycles. The lowest BCUT2D eigenvalue weighted by Crippen LogP contribution is -1.95. The average Bonchev–Trinajstić information content (AvgIpc) is 3.33. The van der Waals surface area contributed by atoms with Gasteiger partial charge in [0.05, 0.1) is 11.2 Å². The first-order valence-corrected chi connectivity index (χ1v) is 12.4. The molecule has 0 aliphatic rings. The normalized spacial score (nSPS) is 11.8. The second-order valence-corrected chi connectivity index (χ2v) is 9.45. The van der Waals surface area contributed by atoms with Gasteiger partial charge in [-0.15, -0.1) is 0 Å². The first-order chi connectivity index (χ1) is 18.3. The first kappa shape index (κ1) is 20.2. The molecule has 8 aromatic rings. The molecule has 0 aliphatic heterocycles. The molecular formula is C34H20N2O. The van der Waals surface area contributed by atoms with Crippen LogP contribution in [0.1, 0.15) is 0 Å². The number of furan rings is 1. The van der Waals surface area contributed by atoms with Gasteiger partial charge in [-0.1, -0.05) is 91.0 Å². The van der Waals surface area contributed by atoms with Crippen molar-refractivity contribution in [2.75, 3.05) is 0 Å². The van der Waals surface area contributed by atoms with Crippen LogP contribution in [0.3, 0.4) is 0 Å². The molecule has 0 bridgehead atoms. The Hall–Kier alpha value is -5.02. The molecule has 2 aromatic heterocycles. The monoisotopic (exact) mass is 472 g/mol. The van der Waals surface area contributed by atoms with Gasteiger partial charge in [0, 0.05) is 27.3 Å². The van der Waals surface area contributed by atoms with E-state index in [2.05, 4.69) is 78.9 Å². The maximum absolute atomic E-state index is 6.14. The van der Waals surface area contributed by atoms with Crippen LogP contribution in [0.4, 0.5) is 0 Å². The molecule has 0 spiro atoms. The van der Waals surface area contributed by atoms with Gasteiger partial charge in [-0.3, -0.25) is 0 Å². The van der Waals surface area contributed by atoms with Crippen molar-refractivity contribution in [1.29, 1.82) is 0 Å². The fourth-order valence-electron chi connectivity index (χ4n) is 5.43. The maximum Gasteiger partial charge on any atom is 0.160 e. The summed E-state index contributed by atoms with van der Waals surface area (Å²) in [4.78, 5) is 10.1. The van der Waals surface area contributed by atoms with Crippen LogP contribution in [-0.4, -0.2) is 9.97 Å². The summed E-state index contributed by atoms with van der Waals surface area (Å²) in [5, 5.41) is 8.04. The summed E-state index contributed by atoms with van der Waals surface area (Å²) in [6.45, 7) is 0. The SMILES string of the molecule is c1ccc(-c2nc(-c3ccc4ccc5cc6oc7ccccc7c6cc5c4c3)nc3ccccc23)cc1. The minimum atomic E-state index is 0.728. The Morgan fingerprint density at radius 3 is 2.08 bits per heavy atom. The Kier molecular flexibility index (Phi) is 4.23. The predicted molar refractivity (Wildman–Crippen MR) is 153 cm³/mol. The van der Waals surface area contributed by atoms with Crippen LogP contribution in [0.25, 0.3) is 77.0 Å². The third-order valence-electron chi connectivity index (χ3n) is 7.24. The summed E-state index contributed by atoms with van der Waals surface area (Å²) in [7, 11) is 0. The van der Waals surface area contributed by atoms with E-state index in [-0.39, 0.29) is 0 Å². The lowest BCUT2D eigenvalue weighted by Gasteiger charge is -2.11. The number of hydrogen-bond acceptors (Lipinski definition) is 3.